The summed E-state index contributed by atoms with van der Waals surface area (Å²) >= 11 is 0. The number of benzene rings is 1. The lowest BCUT2D eigenvalue weighted by Gasteiger charge is -2.19. The van der Waals surface area contributed by atoms with E-state index in [0.29, 0.717) is 6.42 Å². The molecule has 2 amide bonds. The van der Waals surface area contributed by atoms with Gasteiger partial charge in [0.15, 0.2) is 0 Å². The molecule has 90 valence electrons. The van der Waals surface area contributed by atoms with Crippen LogP contribution in [0.2, 0.25) is 0 Å². The highest BCUT2D eigenvalue weighted by molar-refractivity contribution is 5.95. The van der Waals surface area contributed by atoms with Gasteiger partial charge in [-0.1, -0.05) is 30.3 Å². The largest absolute Gasteiger partial charge is 0.465 e. The van der Waals surface area contributed by atoms with Crippen molar-refractivity contribution in [1.29, 1.82) is 0 Å². The summed E-state index contributed by atoms with van der Waals surface area (Å²) < 4.78 is 0. The zero-order valence-corrected chi connectivity index (χ0v) is 9.11. The summed E-state index contributed by atoms with van der Waals surface area (Å²) in [6, 6.07) is 8.51. The van der Waals surface area contributed by atoms with Gasteiger partial charge in [0.2, 0.25) is 5.91 Å². The molecule has 0 bridgehead atoms. The fraction of sp³-hybridized carbons (Fsp3) is 0.333. The van der Waals surface area contributed by atoms with E-state index in [1.165, 1.54) is 0 Å². The highest BCUT2D eigenvalue weighted by atomic mass is 16.4. The summed E-state index contributed by atoms with van der Waals surface area (Å²) in [5.74, 6) is -1.13. The fourth-order valence-corrected chi connectivity index (χ4v) is 2.17. The van der Waals surface area contributed by atoms with E-state index in [1.54, 1.807) is 24.3 Å². The van der Waals surface area contributed by atoms with Crippen LogP contribution in [-0.4, -0.2) is 33.7 Å². The second kappa shape index (κ2) is 4.55. The molecule has 0 aromatic heterocycles. The Morgan fingerprint density at radius 3 is 2.53 bits per heavy atom. The van der Waals surface area contributed by atoms with Gasteiger partial charge >= 0.3 is 6.09 Å². The lowest BCUT2D eigenvalue weighted by Crippen LogP contribution is -2.34. The van der Waals surface area contributed by atoms with E-state index in [4.69, 9.17) is 10.2 Å². The number of amides is 2. The van der Waals surface area contributed by atoms with Crippen molar-refractivity contribution in [3.63, 3.8) is 0 Å². The van der Waals surface area contributed by atoms with Gasteiger partial charge in [0.25, 0.3) is 0 Å². The van der Waals surface area contributed by atoms with Crippen molar-refractivity contribution in [3.8, 4) is 0 Å². The van der Waals surface area contributed by atoms with E-state index in [0.717, 1.165) is 10.5 Å². The zero-order chi connectivity index (χ0) is 12.4. The maximum absolute atomic E-state index is 11.7. The molecule has 2 atom stereocenters. The van der Waals surface area contributed by atoms with Gasteiger partial charge in [-0.15, -0.1) is 0 Å². The molecule has 5 nitrogen and oxygen atoms in total. The molecular weight excluding hydrogens is 222 g/mol. The molecule has 17 heavy (non-hydrogen) atoms. The van der Waals surface area contributed by atoms with Crippen molar-refractivity contribution >= 4 is 12.0 Å². The standard InChI is InChI=1S/C12H13NO4/c14-7-9-6-10(8-4-2-1-3-5-8)13(11(9)15)12(16)17/h1-5,9-10,14H,6-7H2,(H,16,17). The smallest absolute Gasteiger partial charge is 0.414 e. The predicted molar refractivity (Wildman–Crippen MR) is 59.2 cm³/mol. The molecular formula is C12H13NO4. The third kappa shape index (κ3) is 2.01. The van der Waals surface area contributed by atoms with Crippen LogP contribution >= 0.6 is 0 Å². The molecule has 2 rings (SSSR count). The first-order valence-corrected chi connectivity index (χ1v) is 5.37. The molecule has 1 heterocycles. The average molecular weight is 235 g/mol. The Labute approximate surface area is 98.3 Å². The molecule has 2 N–H and O–H groups in total. The first-order chi connectivity index (χ1) is 8.15. The number of aliphatic hydroxyl groups excluding tert-OH is 1. The number of rotatable bonds is 2. The van der Waals surface area contributed by atoms with Crippen LogP contribution in [0.15, 0.2) is 30.3 Å². The minimum Gasteiger partial charge on any atom is -0.465 e. The molecule has 1 aliphatic heterocycles. The lowest BCUT2D eigenvalue weighted by atomic mass is 10.0. The first kappa shape index (κ1) is 11.6. The Morgan fingerprint density at radius 1 is 1.35 bits per heavy atom. The van der Waals surface area contributed by atoms with E-state index in [-0.39, 0.29) is 6.61 Å². The summed E-state index contributed by atoms with van der Waals surface area (Å²) in [7, 11) is 0. The third-order valence-electron chi connectivity index (χ3n) is 3.02. The van der Waals surface area contributed by atoms with Gasteiger partial charge in [-0.3, -0.25) is 4.79 Å². The molecule has 2 unspecified atom stereocenters. The van der Waals surface area contributed by atoms with Crippen LogP contribution in [0.5, 0.6) is 0 Å². The summed E-state index contributed by atoms with van der Waals surface area (Å²) in [6.07, 6.45) is -0.925. The van der Waals surface area contributed by atoms with Crippen molar-refractivity contribution in [2.24, 2.45) is 5.92 Å². The van der Waals surface area contributed by atoms with Crippen molar-refractivity contribution in [1.82, 2.24) is 4.90 Å². The summed E-state index contributed by atoms with van der Waals surface area (Å²) in [5, 5.41) is 18.1. The third-order valence-corrected chi connectivity index (χ3v) is 3.02. The molecule has 1 fully saturated rings. The van der Waals surface area contributed by atoms with Crippen LogP contribution in [0.4, 0.5) is 4.79 Å². The highest BCUT2D eigenvalue weighted by Gasteiger charge is 2.43. The van der Waals surface area contributed by atoms with Gasteiger partial charge in [-0.25, -0.2) is 9.69 Å². The number of carbonyl (C=O) groups is 2. The molecule has 0 saturated carbocycles. The lowest BCUT2D eigenvalue weighted by molar-refractivity contribution is -0.130. The Bertz CT molecular complexity index is 431. The van der Waals surface area contributed by atoms with E-state index in [2.05, 4.69) is 0 Å². The van der Waals surface area contributed by atoms with E-state index < -0.39 is 24.0 Å². The Hall–Kier alpha value is -1.88. The zero-order valence-electron chi connectivity index (χ0n) is 9.11. The minimum absolute atomic E-state index is 0.314. The van der Waals surface area contributed by atoms with Crippen molar-refractivity contribution in [2.45, 2.75) is 12.5 Å². The van der Waals surface area contributed by atoms with Crippen LogP contribution in [0.3, 0.4) is 0 Å². The SMILES string of the molecule is O=C(O)N1C(=O)C(CO)CC1c1ccccc1. The summed E-state index contributed by atoms with van der Waals surface area (Å²) in [6.45, 7) is -0.314. The maximum atomic E-state index is 11.7. The number of nitrogens with zero attached hydrogens (tertiary/aromatic N) is 1. The monoisotopic (exact) mass is 235 g/mol. The fourth-order valence-electron chi connectivity index (χ4n) is 2.17. The maximum Gasteiger partial charge on any atom is 0.414 e. The van der Waals surface area contributed by atoms with Gasteiger partial charge in [0, 0.05) is 0 Å². The molecule has 5 heteroatoms. The number of hydrogen-bond donors (Lipinski definition) is 2. The Kier molecular flexibility index (Phi) is 3.10. The van der Waals surface area contributed by atoms with Crippen LogP contribution in [-0.2, 0) is 4.79 Å². The number of likely N-dealkylation sites (tertiary alicyclic amines) is 1. The molecule has 1 saturated heterocycles. The number of imide groups is 1. The normalized spacial score (nSPS) is 24.1. The molecule has 1 aliphatic rings. The van der Waals surface area contributed by atoms with Crippen LogP contribution in [0.1, 0.15) is 18.0 Å². The van der Waals surface area contributed by atoms with Crippen molar-refractivity contribution in [3.05, 3.63) is 35.9 Å². The first-order valence-electron chi connectivity index (χ1n) is 5.37. The highest BCUT2D eigenvalue weighted by Crippen LogP contribution is 2.36. The molecule has 1 aromatic carbocycles. The minimum atomic E-state index is -1.26. The number of carboxylic acid groups (broad SMARTS) is 1. The van der Waals surface area contributed by atoms with E-state index in [1.807, 2.05) is 6.07 Å². The van der Waals surface area contributed by atoms with Crippen molar-refractivity contribution in [2.75, 3.05) is 6.61 Å². The predicted octanol–water partition coefficient (Wildman–Crippen LogP) is 1.25. The summed E-state index contributed by atoms with van der Waals surface area (Å²) in [5.41, 5.74) is 0.777. The second-order valence-electron chi connectivity index (χ2n) is 4.03. The topological polar surface area (TPSA) is 77.8 Å². The van der Waals surface area contributed by atoms with Crippen LogP contribution in [0.25, 0.3) is 0 Å². The Balaban J connectivity index is 2.33. The molecule has 0 spiro atoms. The number of hydrogen-bond acceptors (Lipinski definition) is 3. The van der Waals surface area contributed by atoms with Crippen molar-refractivity contribution < 1.29 is 19.8 Å². The average Bonchev–Trinajstić information content (AvgIpc) is 2.67. The number of carbonyl (C=O) groups excluding carboxylic acids is 1. The molecule has 0 aliphatic carbocycles. The quantitative estimate of drug-likeness (QED) is 0.808. The van der Waals surface area contributed by atoms with Gasteiger partial charge < -0.3 is 10.2 Å². The van der Waals surface area contributed by atoms with Gasteiger partial charge in [0.05, 0.1) is 18.6 Å². The second-order valence-corrected chi connectivity index (χ2v) is 4.03. The molecule has 0 radical (unpaired) electrons. The van der Waals surface area contributed by atoms with E-state index >= 15 is 0 Å². The van der Waals surface area contributed by atoms with Gasteiger partial charge in [0.1, 0.15) is 0 Å². The van der Waals surface area contributed by atoms with Gasteiger partial charge in [-0.05, 0) is 12.0 Å². The van der Waals surface area contributed by atoms with Crippen LogP contribution in [0, 0.1) is 5.92 Å². The summed E-state index contributed by atoms with van der Waals surface area (Å²) in [4.78, 5) is 23.6. The van der Waals surface area contributed by atoms with Crippen LogP contribution < -0.4 is 0 Å². The molecule has 1 aromatic rings. The van der Waals surface area contributed by atoms with E-state index in [9.17, 15) is 9.59 Å². The Morgan fingerprint density at radius 2 is 2.00 bits per heavy atom. The van der Waals surface area contributed by atoms with Gasteiger partial charge in [-0.2, -0.15) is 0 Å². The number of aliphatic hydroxyl groups is 1.